The fourth-order valence-corrected chi connectivity index (χ4v) is 3.33. The number of nitrogens with one attached hydrogen (secondary N) is 2. The van der Waals surface area contributed by atoms with Gasteiger partial charge < -0.3 is 10.2 Å². The number of carboxylic acids is 2. The molecule has 0 aromatic heterocycles. The molecule has 6 nitrogen and oxygen atoms in total. The molecule has 0 amide bonds. The van der Waals surface area contributed by atoms with Crippen LogP contribution in [-0.2, 0) is 9.59 Å². The Balaban J connectivity index is 3.23. The molecule has 166 valence electrons. The van der Waals surface area contributed by atoms with Gasteiger partial charge in [-0.25, -0.2) is 5.43 Å². The summed E-state index contributed by atoms with van der Waals surface area (Å²) in [5.41, 5.74) is 5.40. The van der Waals surface area contributed by atoms with Crippen LogP contribution in [0.15, 0.2) is 0 Å². The van der Waals surface area contributed by atoms with Crippen LogP contribution >= 0.6 is 0 Å². The largest absolute Gasteiger partial charge is 0.481 e. The quantitative estimate of drug-likeness (QED) is 0.146. The molecule has 0 aliphatic heterocycles. The average Bonchev–Trinajstić information content (AvgIpc) is 2.65. The van der Waals surface area contributed by atoms with E-state index in [0.717, 1.165) is 12.8 Å². The first-order chi connectivity index (χ1) is 13.6. The van der Waals surface area contributed by atoms with Crippen molar-refractivity contribution in [3.05, 3.63) is 0 Å². The molecule has 0 aromatic carbocycles. The van der Waals surface area contributed by atoms with E-state index in [-0.39, 0.29) is 0 Å². The molecule has 0 saturated heterocycles. The molecular weight excluding hydrogens is 356 g/mol. The summed E-state index contributed by atoms with van der Waals surface area (Å²) >= 11 is 0. The molecule has 6 heteroatoms. The molecule has 4 N–H and O–H groups in total. The van der Waals surface area contributed by atoms with Crippen LogP contribution in [0.4, 0.5) is 0 Å². The topological polar surface area (TPSA) is 98.7 Å². The molecule has 1 atom stereocenters. The van der Waals surface area contributed by atoms with Crippen molar-refractivity contribution in [2.24, 2.45) is 0 Å². The Morgan fingerprint density at radius 3 is 1.43 bits per heavy atom. The Labute approximate surface area is 171 Å². The number of carbonyl (C=O) groups is 2. The van der Waals surface area contributed by atoms with Crippen LogP contribution in [0, 0.1) is 0 Å². The lowest BCUT2D eigenvalue weighted by molar-refractivity contribution is -0.146. The molecule has 0 spiro atoms. The number of unbranched alkanes of at least 4 members (excludes halogenated alkanes) is 15. The van der Waals surface area contributed by atoms with Crippen molar-refractivity contribution in [1.82, 2.24) is 10.9 Å². The van der Waals surface area contributed by atoms with Gasteiger partial charge in [-0.1, -0.05) is 103 Å². The summed E-state index contributed by atoms with van der Waals surface area (Å²) in [6, 6.07) is -1.08. The zero-order valence-electron chi connectivity index (χ0n) is 18.0. The van der Waals surface area contributed by atoms with E-state index < -0.39 is 24.4 Å². The minimum Gasteiger partial charge on any atom is -0.481 e. The fraction of sp³-hybridized carbons (Fsp3) is 0.909. The molecule has 0 fully saturated rings. The Kier molecular flexibility index (Phi) is 19.8. The number of carboxylic acid groups (broad SMARTS) is 2. The van der Waals surface area contributed by atoms with Gasteiger partial charge in [-0.05, 0) is 6.42 Å². The molecule has 0 aliphatic rings. The van der Waals surface area contributed by atoms with Gasteiger partial charge >= 0.3 is 11.9 Å². The second-order valence-electron chi connectivity index (χ2n) is 7.86. The maximum atomic E-state index is 10.9. The third-order valence-corrected chi connectivity index (χ3v) is 5.11. The Morgan fingerprint density at radius 2 is 1.07 bits per heavy atom. The number of hydrazine groups is 1. The van der Waals surface area contributed by atoms with Gasteiger partial charge in [0, 0.05) is 6.54 Å². The van der Waals surface area contributed by atoms with Crippen molar-refractivity contribution < 1.29 is 19.8 Å². The second-order valence-corrected chi connectivity index (χ2v) is 7.86. The SMILES string of the molecule is CCCCCCCCCCCCCCCCCCNN[C@@H](CC(=O)O)C(=O)O. The zero-order valence-corrected chi connectivity index (χ0v) is 18.0. The van der Waals surface area contributed by atoms with Gasteiger partial charge in [-0.3, -0.25) is 15.0 Å². The van der Waals surface area contributed by atoms with Crippen molar-refractivity contribution in [2.45, 2.75) is 122 Å². The molecule has 0 aromatic rings. The van der Waals surface area contributed by atoms with Crippen molar-refractivity contribution in [1.29, 1.82) is 0 Å². The third kappa shape index (κ3) is 19.6. The van der Waals surface area contributed by atoms with Crippen LogP contribution < -0.4 is 10.9 Å². The first kappa shape index (κ1) is 26.9. The molecule has 0 unspecified atom stereocenters. The van der Waals surface area contributed by atoms with E-state index >= 15 is 0 Å². The first-order valence-electron chi connectivity index (χ1n) is 11.5. The van der Waals surface area contributed by atoms with Crippen LogP contribution in [0.2, 0.25) is 0 Å². The fourth-order valence-electron chi connectivity index (χ4n) is 3.33. The normalized spacial score (nSPS) is 12.2. The number of hydrogen-bond donors (Lipinski definition) is 4. The highest BCUT2D eigenvalue weighted by atomic mass is 16.4. The second kappa shape index (κ2) is 20.6. The summed E-state index contributed by atoms with van der Waals surface area (Å²) in [5, 5.41) is 17.6. The van der Waals surface area contributed by atoms with E-state index in [2.05, 4.69) is 17.8 Å². The van der Waals surface area contributed by atoms with Gasteiger partial charge in [0.25, 0.3) is 0 Å². The van der Waals surface area contributed by atoms with Crippen LogP contribution in [-0.4, -0.2) is 34.7 Å². The lowest BCUT2D eigenvalue weighted by Crippen LogP contribution is -2.46. The summed E-state index contributed by atoms with van der Waals surface area (Å²) < 4.78 is 0. The Hall–Kier alpha value is -1.14. The van der Waals surface area contributed by atoms with Gasteiger partial charge in [-0.2, -0.15) is 0 Å². The molecular formula is C22H44N2O4. The van der Waals surface area contributed by atoms with Gasteiger partial charge in [0.2, 0.25) is 0 Å². The molecule has 0 bridgehead atoms. The van der Waals surface area contributed by atoms with Crippen molar-refractivity contribution >= 4 is 11.9 Å². The van der Waals surface area contributed by atoms with Gasteiger partial charge in [0.05, 0.1) is 6.42 Å². The van der Waals surface area contributed by atoms with E-state index in [4.69, 9.17) is 10.2 Å². The van der Waals surface area contributed by atoms with Crippen LogP contribution in [0.5, 0.6) is 0 Å². The smallest absolute Gasteiger partial charge is 0.322 e. The number of rotatable bonds is 22. The Bertz CT molecular complexity index is 378. The highest BCUT2D eigenvalue weighted by Crippen LogP contribution is 2.13. The van der Waals surface area contributed by atoms with Gasteiger partial charge in [0.15, 0.2) is 0 Å². The maximum Gasteiger partial charge on any atom is 0.322 e. The molecule has 0 saturated carbocycles. The van der Waals surface area contributed by atoms with Gasteiger partial charge in [0.1, 0.15) is 6.04 Å². The van der Waals surface area contributed by atoms with E-state index in [1.54, 1.807) is 0 Å². The summed E-state index contributed by atoms with van der Waals surface area (Å²) in [7, 11) is 0. The van der Waals surface area contributed by atoms with Crippen LogP contribution in [0.25, 0.3) is 0 Å². The van der Waals surface area contributed by atoms with Crippen molar-refractivity contribution in [3.63, 3.8) is 0 Å². The minimum absolute atomic E-state index is 0.429. The number of aliphatic carboxylic acids is 2. The molecule has 0 radical (unpaired) electrons. The highest BCUT2D eigenvalue weighted by Gasteiger charge is 2.19. The monoisotopic (exact) mass is 400 g/mol. The summed E-state index contributed by atoms with van der Waals surface area (Å²) in [6.45, 7) is 2.92. The molecule has 28 heavy (non-hydrogen) atoms. The predicted molar refractivity (Wildman–Crippen MR) is 114 cm³/mol. The summed E-state index contributed by atoms with van der Waals surface area (Å²) in [6.07, 6.45) is 20.7. The van der Waals surface area contributed by atoms with E-state index in [1.807, 2.05) is 0 Å². The molecule has 0 aliphatic carbocycles. The van der Waals surface area contributed by atoms with E-state index in [9.17, 15) is 9.59 Å². The van der Waals surface area contributed by atoms with E-state index in [0.29, 0.717) is 6.54 Å². The molecule has 0 heterocycles. The Morgan fingerprint density at radius 1 is 0.679 bits per heavy atom. The molecule has 0 rings (SSSR count). The zero-order chi connectivity index (χ0) is 20.9. The third-order valence-electron chi connectivity index (χ3n) is 5.11. The number of hydrogen-bond acceptors (Lipinski definition) is 4. The van der Waals surface area contributed by atoms with Crippen molar-refractivity contribution in [3.8, 4) is 0 Å². The predicted octanol–water partition coefficient (Wildman–Crippen LogP) is 5.27. The van der Waals surface area contributed by atoms with Crippen LogP contribution in [0.1, 0.15) is 116 Å². The standard InChI is InChI=1S/C22H44N2O4/c1-2-3-4-5-6-7-8-9-10-11-12-13-14-15-16-17-18-23-24-20(22(27)28)19-21(25)26/h20,23-24H,2-19H2,1H3,(H,25,26)(H,27,28)/t20-/m0/s1. The van der Waals surface area contributed by atoms with E-state index in [1.165, 1.54) is 89.9 Å². The average molecular weight is 401 g/mol. The lowest BCUT2D eigenvalue weighted by atomic mass is 10.0. The van der Waals surface area contributed by atoms with Crippen molar-refractivity contribution in [2.75, 3.05) is 6.54 Å². The van der Waals surface area contributed by atoms with Gasteiger partial charge in [-0.15, -0.1) is 0 Å². The minimum atomic E-state index is -1.15. The summed E-state index contributed by atoms with van der Waals surface area (Å²) in [4.78, 5) is 21.5. The maximum absolute atomic E-state index is 10.9. The summed E-state index contributed by atoms with van der Waals surface area (Å²) in [5.74, 6) is -2.27. The lowest BCUT2D eigenvalue weighted by Gasteiger charge is -2.13. The first-order valence-corrected chi connectivity index (χ1v) is 11.5. The highest BCUT2D eigenvalue weighted by molar-refractivity contribution is 5.80. The van der Waals surface area contributed by atoms with Crippen LogP contribution in [0.3, 0.4) is 0 Å².